The lowest BCUT2D eigenvalue weighted by Gasteiger charge is -2.07. The van der Waals surface area contributed by atoms with Gasteiger partial charge in [-0.15, -0.1) is 22.9 Å². The molecule has 0 aliphatic rings. The first-order valence-electron chi connectivity index (χ1n) is 5.57. The lowest BCUT2D eigenvalue weighted by molar-refractivity contribution is 0.341. The molecule has 0 aliphatic carbocycles. The standard InChI is InChI=1S/C13H14ClNOS/c1-2-16-12-6-4-3-5-11(12)13-15-10(7-8-14)9-17-13/h3-6,9H,2,7-8H2,1H3. The maximum Gasteiger partial charge on any atom is 0.129 e. The Kier molecular flexibility index (Phi) is 4.40. The van der Waals surface area contributed by atoms with Gasteiger partial charge >= 0.3 is 0 Å². The van der Waals surface area contributed by atoms with E-state index in [-0.39, 0.29) is 0 Å². The van der Waals surface area contributed by atoms with Crippen molar-refractivity contribution in [3.63, 3.8) is 0 Å². The van der Waals surface area contributed by atoms with E-state index in [9.17, 15) is 0 Å². The Morgan fingerprint density at radius 2 is 2.18 bits per heavy atom. The van der Waals surface area contributed by atoms with Crippen LogP contribution in [-0.4, -0.2) is 17.5 Å². The van der Waals surface area contributed by atoms with E-state index in [1.54, 1.807) is 11.3 Å². The quantitative estimate of drug-likeness (QED) is 0.764. The van der Waals surface area contributed by atoms with Crippen molar-refractivity contribution in [2.45, 2.75) is 13.3 Å². The van der Waals surface area contributed by atoms with Gasteiger partial charge < -0.3 is 4.74 Å². The summed E-state index contributed by atoms with van der Waals surface area (Å²) in [6.45, 7) is 2.65. The summed E-state index contributed by atoms with van der Waals surface area (Å²) in [6.07, 6.45) is 0.814. The molecule has 0 spiro atoms. The molecule has 1 aromatic carbocycles. The minimum atomic E-state index is 0.607. The second-order valence-electron chi connectivity index (χ2n) is 3.51. The zero-order valence-corrected chi connectivity index (χ0v) is 11.2. The fourth-order valence-corrected chi connectivity index (χ4v) is 2.64. The first-order valence-corrected chi connectivity index (χ1v) is 6.99. The number of aromatic nitrogens is 1. The van der Waals surface area contributed by atoms with Crippen LogP contribution < -0.4 is 4.74 Å². The van der Waals surface area contributed by atoms with Crippen molar-refractivity contribution in [3.05, 3.63) is 35.3 Å². The summed E-state index contributed by atoms with van der Waals surface area (Å²) in [5.74, 6) is 1.50. The van der Waals surface area contributed by atoms with E-state index >= 15 is 0 Å². The largest absolute Gasteiger partial charge is 0.493 e. The highest BCUT2D eigenvalue weighted by molar-refractivity contribution is 7.13. The molecule has 0 saturated heterocycles. The molecule has 2 nitrogen and oxygen atoms in total. The predicted molar refractivity (Wildman–Crippen MR) is 73.1 cm³/mol. The number of alkyl halides is 1. The number of ether oxygens (including phenoxy) is 1. The fourth-order valence-electron chi connectivity index (χ4n) is 1.57. The molecule has 90 valence electrons. The third-order valence-corrected chi connectivity index (χ3v) is 3.43. The van der Waals surface area contributed by atoms with Crippen molar-refractivity contribution in [2.75, 3.05) is 12.5 Å². The van der Waals surface area contributed by atoms with Crippen LogP contribution in [0.5, 0.6) is 5.75 Å². The monoisotopic (exact) mass is 267 g/mol. The van der Waals surface area contributed by atoms with Crippen molar-refractivity contribution in [1.29, 1.82) is 0 Å². The van der Waals surface area contributed by atoms with E-state index in [0.29, 0.717) is 12.5 Å². The molecule has 0 amide bonds. The molecule has 1 aromatic heterocycles. The molecule has 0 atom stereocenters. The lowest BCUT2D eigenvalue weighted by Crippen LogP contribution is -1.93. The van der Waals surface area contributed by atoms with Gasteiger partial charge in [-0.2, -0.15) is 0 Å². The molecule has 0 bridgehead atoms. The molecule has 0 radical (unpaired) electrons. The summed E-state index contributed by atoms with van der Waals surface area (Å²) in [5, 5.41) is 3.05. The first-order chi connectivity index (χ1) is 8.35. The van der Waals surface area contributed by atoms with Crippen LogP contribution in [0.25, 0.3) is 10.6 Å². The van der Waals surface area contributed by atoms with Crippen molar-refractivity contribution in [1.82, 2.24) is 4.98 Å². The second-order valence-corrected chi connectivity index (χ2v) is 4.75. The summed E-state index contributed by atoms with van der Waals surface area (Å²) >= 11 is 7.35. The van der Waals surface area contributed by atoms with E-state index in [2.05, 4.69) is 10.4 Å². The number of benzene rings is 1. The topological polar surface area (TPSA) is 22.1 Å². The van der Waals surface area contributed by atoms with E-state index in [1.807, 2.05) is 31.2 Å². The third-order valence-electron chi connectivity index (χ3n) is 2.32. The maximum atomic E-state index is 5.71. The van der Waals surface area contributed by atoms with Gasteiger partial charge in [0.1, 0.15) is 10.8 Å². The Bertz CT molecular complexity index is 484. The number of hydrogen-bond donors (Lipinski definition) is 0. The van der Waals surface area contributed by atoms with E-state index < -0.39 is 0 Å². The molecule has 0 fully saturated rings. The van der Waals surface area contributed by atoms with Crippen molar-refractivity contribution < 1.29 is 4.74 Å². The summed E-state index contributed by atoms with van der Waals surface area (Å²) in [6, 6.07) is 7.98. The van der Waals surface area contributed by atoms with Gasteiger partial charge in [-0.25, -0.2) is 4.98 Å². The highest BCUT2D eigenvalue weighted by Crippen LogP contribution is 2.32. The number of thiazole rings is 1. The van der Waals surface area contributed by atoms with Gasteiger partial charge in [0.15, 0.2) is 0 Å². The predicted octanol–water partition coefficient (Wildman–Crippen LogP) is 3.99. The highest BCUT2D eigenvalue weighted by Gasteiger charge is 2.09. The van der Waals surface area contributed by atoms with E-state index in [1.165, 1.54) is 0 Å². The minimum absolute atomic E-state index is 0.607. The van der Waals surface area contributed by atoms with Crippen LogP contribution in [0.4, 0.5) is 0 Å². The normalized spacial score (nSPS) is 10.5. The second kappa shape index (κ2) is 6.03. The Balaban J connectivity index is 2.31. The number of para-hydroxylation sites is 1. The van der Waals surface area contributed by atoms with Gasteiger partial charge in [0, 0.05) is 17.7 Å². The van der Waals surface area contributed by atoms with Crippen LogP contribution in [-0.2, 0) is 6.42 Å². The van der Waals surface area contributed by atoms with Gasteiger partial charge in [-0.05, 0) is 19.1 Å². The maximum absolute atomic E-state index is 5.71. The fraction of sp³-hybridized carbons (Fsp3) is 0.308. The Hall–Kier alpha value is -1.06. The van der Waals surface area contributed by atoms with Crippen LogP contribution in [0.2, 0.25) is 0 Å². The average molecular weight is 268 g/mol. The third kappa shape index (κ3) is 2.99. The summed E-state index contributed by atoms with van der Waals surface area (Å²) in [5.41, 5.74) is 2.10. The van der Waals surface area contributed by atoms with E-state index in [0.717, 1.165) is 28.4 Å². The molecule has 17 heavy (non-hydrogen) atoms. The van der Waals surface area contributed by atoms with Crippen LogP contribution in [0.3, 0.4) is 0 Å². The molecule has 1 heterocycles. The minimum Gasteiger partial charge on any atom is -0.493 e. The summed E-state index contributed by atoms with van der Waals surface area (Å²) in [4.78, 5) is 4.57. The van der Waals surface area contributed by atoms with Crippen molar-refractivity contribution >= 4 is 22.9 Å². The molecule has 4 heteroatoms. The summed E-state index contributed by atoms with van der Waals surface area (Å²) in [7, 11) is 0. The SMILES string of the molecule is CCOc1ccccc1-c1nc(CCCl)cs1. The number of hydrogen-bond acceptors (Lipinski definition) is 3. The first kappa shape index (κ1) is 12.4. The van der Waals surface area contributed by atoms with Gasteiger partial charge in [-0.1, -0.05) is 12.1 Å². The smallest absolute Gasteiger partial charge is 0.129 e. The van der Waals surface area contributed by atoms with Gasteiger partial charge in [0.05, 0.1) is 17.9 Å². The Morgan fingerprint density at radius 3 is 2.94 bits per heavy atom. The average Bonchev–Trinajstić information content (AvgIpc) is 2.79. The van der Waals surface area contributed by atoms with Gasteiger partial charge in [0.25, 0.3) is 0 Å². The molecular weight excluding hydrogens is 254 g/mol. The lowest BCUT2D eigenvalue weighted by atomic mass is 10.2. The van der Waals surface area contributed by atoms with Crippen LogP contribution >= 0.6 is 22.9 Å². The molecular formula is C13H14ClNOS. The van der Waals surface area contributed by atoms with Gasteiger partial charge in [0.2, 0.25) is 0 Å². The Labute approximate surface area is 110 Å². The zero-order valence-electron chi connectivity index (χ0n) is 9.65. The van der Waals surface area contributed by atoms with Crippen LogP contribution in [0.1, 0.15) is 12.6 Å². The number of aryl methyl sites for hydroxylation is 1. The van der Waals surface area contributed by atoms with E-state index in [4.69, 9.17) is 16.3 Å². The van der Waals surface area contributed by atoms with Gasteiger partial charge in [-0.3, -0.25) is 0 Å². The zero-order chi connectivity index (χ0) is 12.1. The molecule has 0 N–H and O–H groups in total. The molecule has 0 aliphatic heterocycles. The molecule has 0 saturated carbocycles. The van der Waals surface area contributed by atoms with Crippen LogP contribution in [0.15, 0.2) is 29.6 Å². The molecule has 2 aromatic rings. The highest BCUT2D eigenvalue weighted by atomic mass is 35.5. The number of nitrogens with zero attached hydrogens (tertiary/aromatic N) is 1. The summed E-state index contributed by atoms with van der Waals surface area (Å²) < 4.78 is 5.60. The molecule has 2 rings (SSSR count). The number of rotatable bonds is 5. The van der Waals surface area contributed by atoms with Crippen LogP contribution in [0, 0.1) is 0 Å². The Morgan fingerprint density at radius 1 is 1.35 bits per heavy atom. The molecule has 0 unspecified atom stereocenters. The van der Waals surface area contributed by atoms with Crippen molar-refractivity contribution in [3.8, 4) is 16.3 Å². The number of halogens is 1. The van der Waals surface area contributed by atoms with Crippen molar-refractivity contribution in [2.24, 2.45) is 0 Å².